The van der Waals surface area contributed by atoms with Gasteiger partial charge in [-0.15, -0.1) is 6.58 Å². The van der Waals surface area contributed by atoms with Gasteiger partial charge in [0.2, 0.25) is 7.37 Å². The Hall–Kier alpha value is -0.0700. The van der Waals surface area contributed by atoms with E-state index in [0.29, 0.717) is 18.7 Å². The molecule has 1 atom stereocenters. The molecule has 0 aromatic rings. The lowest BCUT2D eigenvalue weighted by molar-refractivity contribution is 0.274. The molecule has 11 heavy (non-hydrogen) atoms. The van der Waals surface area contributed by atoms with Crippen LogP contribution >= 0.6 is 7.37 Å². The van der Waals surface area contributed by atoms with Crippen LogP contribution in [0, 0.1) is 5.92 Å². The molecule has 0 amide bonds. The fourth-order valence-corrected chi connectivity index (χ4v) is 1.78. The fraction of sp³-hybridized carbons (Fsp3) is 0.750. The molecule has 0 aliphatic heterocycles. The Morgan fingerprint density at radius 3 is 2.55 bits per heavy atom. The van der Waals surface area contributed by atoms with Crippen LogP contribution in [0.2, 0.25) is 0 Å². The highest BCUT2D eigenvalue weighted by Gasteiger charge is 2.13. The standard InChI is InChI=1S/C8H17O2P/c1-5-6-11(4,9)10-7-8(2)3/h5,8H,1,6-7H2,2-4H3. The summed E-state index contributed by atoms with van der Waals surface area (Å²) in [5.41, 5.74) is 0. The van der Waals surface area contributed by atoms with Crippen LogP contribution in [0.15, 0.2) is 12.7 Å². The quantitative estimate of drug-likeness (QED) is 0.475. The third-order valence-corrected chi connectivity index (χ3v) is 2.76. The molecule has 0 aliphatic rings. The summed E-state index contributed by atoms with van der Waals surface area (Å²) in [6.07, 6.45) is 2.11. The fourth-order valence-electron chi connectivity index (χ4n) is 0.594. The Morgan fingerprint density at radius 1 is 1.64 bits per heavy atom. The maximum atomic E-state index is 11.4. The molecule has 66 valence electrons. The molecule has 2 nitrogen and oxygen atoms in total. The van der Waals surface area contributed by atoms with Gasteiger partial charge in [-0.3, -0.25) is 4.57 Å². The van der Waals surface area contributed by atoms with Crippen LogP contribution in [-0.4, -0.2) is 19.4 Å². The second-order valence-corrected chi connectivity index (χ2v) is 5.83. The van der Waals surface area contributed by atoms with Crippen molar-refractivity contribution in [3.63, 3.8) is 0 Å². The van der Waals surface area contributed by atoms with Gasteiger partial charge in [0.15, 0.2) is 0 Å². The van der Waals surface area contributed by atoms with Crippen LogP contribution in [0.5, 0.6) is 0 Å². The highest BCUT2D eigenvalue weighted by molar-refractivity contribution is 7.58. The van der Waals surface area contributed by atoms with E-state index in [4.69, 9.17) is 4.52 Å². The third-order valence-electron chi connectivity index (χ3n) is 1.14. The van der Waals surface area contributed by atoms with Crippen LogP contribution in [0.3, 0.4) is 0 Å². The van der Waals surface area contributed by atoms with Gasteiger partial charge in [-0.25, -0.2) is 0 Å². The molecule has 3 heteroatoms. The van der Waals surface area contributed by atoms with Gasteiger partial charge in [0.25, 0.3) is 0 Å². The van der Waals surface area contributed by atoms with E-state index in [-0.39, 0.29) is 0 Å². The van der Waals surface area contributed by atoms with Crippen molar-refractivity contribution in [3.8, 4) is 0 Å². The van der Waals surface area contributed by atoms with E-state index in [1.54, 1.807) is 12.7 Å². The van der Waals surface area contributed by atoms with Gasteiger partial charge in [0, 0.05) is 12.8 Å². The predicted octanol–water partition coefficient (Wildman–Crippen LogP) is 2.75. The second-order valence-electron chi connectivity index (χ2n) is 3.17. The highest BCUT2D eigenvalue weighted by Crippen LogP contribution is 2.42. The molecule has 0 saturated heterocycles. The summed E-state index contributed by atoms with van der Waals surface area (Å²) < 4.78 is 16.6. The molecular weight excluding hydrogens is 159 g/mol. The van der Waals surface area contributed by atoms with Crippen molar-refractivity contribution in [3.05, 3.63) is 12.7 Å². The summed E-state index contributed by atoms with van der Waals surface area (Å²) in [5, 5.41) is 0. The van der Waals surface area contributed by atoms with Crippen LogP contribution in [0.1, 0.15) is 13.8 Å². The first-order chi connectivity index (χ1) is 4.98. The van der Waals surface area contributed by atoms with Gasteiger partial charge in [-0.2, -0.15) is 0 Å². The summed E-state index contributed by atoms with van der Waals surface area (Å²) in [4.78, 5) is 0. The van der Waals surface area contributed by atoms with E-state index in [0.717, 1.165) is 0 Å². The van der Waals surface area contributed by atoms with Gasteiger partial charge in [-0.05, 0) is 5.92 Å². The smallest absolute Gasteiger partial charge is 0.203 e. The summed E-state index contributed by atoms with van der Waals surface area (Å²) >= 11 is 0. The summed E-state index contributed by atoms with van der Waals surface area (Å²) in [6.45, 7) is 9.81. The van der Waals surface area contributed by atoms with Crippen molar-refractivity contribution in [1.29, 1.82) is 0 Å². The zero-order chi connectivity index (χ0) is 8.91. The number of hydrogen-bond acceptors (Lipinski definition) is 2. The molecule has 1 unspecified atom stereocenters. The van der Waals surface area contributed by atoms with Crippen LogP contribution < -0.4 is 0 Å². The van der Waals surface area contributed by atoms with Gasteiger partial charge >= 0.3 is 0 Å². The van der Waals surface area contributed by atoms with Crippen molar-refractivity contribution >= 4 is 7.37 Å². The Bertz CT molecular complexity index is 163. The lowest BCUT2D eigenvalue weighted by atomic mass is 10.2. The number of rotatable bonds is 5. The molecular formula is C8H17O2P. The van der Waals surface area contributed by atoms with E-state index >= 15 is 0 Å². The molecule has 0 aromatic heterocycles. The van der Waals surface area contributed by atoms with Crippen molar-refractivity contribution in [2.75, 3.05) is 19.4 Å². The molecule has 0 spiro atoms. The molecule has 0 bridgehead atoms. The Balaban J connectivity index is 3.73. The number of hydrogen-bond donors (Lipinski definition) is 0. The minimum atomic E-state index is -2.36. The first-order valence-corrected chi connectivity index (χ1v) is 6.05. The summed E-state index contributed by atoms with van der Waals surface area (Å²) in [7, 11) is -2.36. The third kappa shape index (κ3) is 6.33. The lowest BCUT2D eigenvalue weighted by Gasteiger charge is -2.13. The van der Waals surface area contributed by atoms with Gasteiger partial charge in [0.05, 0.1) is 6.61 Å². The molecule has 0 heterocycles. The SMILES string of the molecule is C=CCP(C)(=O)OCC(C)C. The molecule has 0 rings (SSSR count). The highest BCUT2D eigenvalue weighted by atomic mass is 31.2. The van der Waals surface area contributed by atoms with Gasteiger partial charge in [-0.1, -0.05) is 19.9 Å². The molecule has 0 saturated carbocycles. The van der Waals surface area contributed by atoms with E-state index < -0.39 is 7.37 Å². The zero-order valence-corrected chi connectivity index (χ0v) is 8.43. The second kappa shape index (κ2) is 4.74. The summed E-state index contributed by atoms with van der Waals surface area (Å²) in [5.74, 6) is 0.438. The van der Waals surface area contributed by atoms with Crippen molar-refractivity contribution in [1.82, 2.24) is 0 Å². The van der Waals surface area contributed by atoms with Crippen LogP contribution in [0.25, 0.3) is 0 Å². The van der Waals surface area contributed by atoms with E-state index in [1.165, 1.54) is 0 Å². The minimum absolute atomic E-state index is 0.438. The zero-order valence-electron chi connectivity index (χ0n) is 7.54. The van der Waals surface area contributed by atoms with Crippen molar-refractivity contribution < 1.29 is 9.09 Å². The molecule has 0 aliphatic carbocycles. The molecule has 0 fully saturated rings. The first-order valence-electron chi connectivity index (χ1n) is 3.80. The van der Waals surface area contributed by atoms with Crippen LogP contribution in [0.4, 0.5) is 0 Å². The average molecular weight is 176 g/mol. The first kappa shape index (κ1) is 10.9. The van der Waals surface area contributed by atoms with Gasteiger partial charge < -0.3 is 4.52 Å². The van der Waals surface area contributed by atoms with Crippen LogP contribution in [-0.2, 0) is 9.09 Å². The minimum Gasteiger partial charge on any atom is -0.328 e. The normalized spacial score (nSPS) is 16.4. The molecule has 0 aromatic carbocycles. The van der Waals surface area contributed by atoms with Crippen molar-refractivity contribution in [2.45, 2.75) is 13.8 Å². The monoisotopic (exact) mass is 176 g/mol. The van der Waals surface area contributed by atoms with Gasteiger partial charge in [0.1, 0.15) is 0 Å². The number of allylic oxidation sites excluding steroid dienone is 1. The average Bonchev–Trinajstić information content (AvgIpc) is 1.84. The Labute approximate surface area is 69.1 Å². The Morgan fingerprint density at radius 2 is 2.18 bits per heavy atom. The maximum absolute atomic E-state index is 11.4. The Kier molecular flexibility index (Phi) is 4.71. The predicted molar refractivity (Wildman–Crippen MR) is 49.4 cm³/mol. The summed E-state index contributed by atoms with van der Waals surface area (Å²) in [6, 6.07) is 0. The molecule has 0 N–H and O–H groups in total. The topological polar surface area (TPSA) is 26.3 Å². The van der Waals surface area contributed by atoms with Crippen molar-refractivity contribution in [2.24, 2.45) is 5.92 Å². The van der Waals surface area contributed by atoms with E-state index in [9.17, 15) is 4.57 Å². The van der Waals surface area contributed by atoms with E-state index in [2.05, 4.69) is 6.58 Å². The van der Waals surface area contributed by atoms with E-state index in [1.807, 2.05) is 13.8 Å². The maximum Gasteiger partial charge on any atom is 0.203 e. The molecule has 0 radical (unpaired) electrons. The lowest BCUT2D eigenvalue weighted by Crippen LogP contribution is -2.00. The largest absolute Gasteiger partial charge is 0.328 e.